The van der Waals surface area contributed by atoms with Crippen LogP contribution in [0.3, 0.4) is 0 Å². The fourth-order valence-electron chi connectivity index (χ4n) is 1.85. The van der Waals surface area contributed by atoms with Crippen LogP contribution in [0.15, 0.2) is 29.3 Å². The molecule has 96 valence electrons. The molecular formula is C13H15NO4. The Hall–Kier alpha value is -2.04. The van der Waals surface area contributed by atoms with Crippen molar-refractivity contribution in [2.75, 3.05) is 6.61 Å². The second kappa shape index (κ2) is 5.53. The number of aromatic hydroxyl groups is 1. The lowest BCUT2D eigenvalue weighted by Crippen LogP contribution is -2.09. The molecule has 0 fully saturated rings. The van der Waals surface area contributed by atoms with Crippen molar-refractivity contribution in [2.45, 2.75) is 25.3 Å². The molecular weight excluding hydrogens is 234 g/mol. The van der Waals surface area contributed by atoms with E-state index in [1.807, 2.05) is 6.07 Å². The van der Waals surface area contributed by atoms with Gasteiger partial charge in [-0.1, -0.05) is 12.1 Å². The minimum atomic E-state index is -0.813. The average molecular weight is 249 g/mol. The van der Waals surface area contributed by atoms with E-state index in [1.165, 1.54) is 0 Å². The van der Waals surface area contributed by atoms with Gasteiger partial charge in [0.15, 0.2) is 5.90 Å². The third-order valence-corrected chi connectivity index (χ3v) is 2.73. The summed E-state index contributed by atoms with van der Waals surface area (Å²) in [6.45, 7) is 0.446. The van der Waals surface area contributed by atoms with Crippen molar-refractivity contribution < 1.29 is 19.7 Å². The number of carbonyl (C=O) groups is 1. The molecule has 0 aliphatic carbocycles. The molecule has 0 amide bonds. The maximum atomic E-state index is 10.4. The molecule has 1 aliphatic rings. The first kappa shape index (κ1) is 12.4. The molecule has 18 heavy (non-hydrogen) atoms. The zero-order chi connectivity index (χ0) is 13.0. The summed E-state index contributed by atoms with van der Waals surface area (Å²) in [7, 11) is 0. The molecule has 2 N–H and O–H groups in total. The highest BCUT2D eigenvalue weighted by Gasteiger charge is 2.19. The van der Waals surface area contributed by atoms with E-state index in [-0.39, 0.29) is 18.2 Å². The summed E-state index contributed by atoms with van der Waals surface area (Å²) < 4.78 is 5.42. The summed E-state index contributed by atoms with van der Waals surface area (Å²) in [4.78, 5) is 14.8. The number of aliphatic carboxylic acids is 1. The number of hydrogen-bond donors (Lipinski definition) is 2. The van der Waals surface area contributed by atoms with Crippen molar-refractivity contribution in [2.24, 2.45) is 4.99 Å². The van der Waals surface area contributed by atoms with Crippen LogP contribution in [0.4, 0.5) is 0 Å². The Balaban J connectivity index is 1.91. The highest BCUT2D eigenvalue weighted by molar-refractivity contribution is 5.80. The topological polar surface area (TPSA) is 79.1 Å². The monoisotopic (exact) mass is 249 g/mol. The highest BCUT2D eigenvalue weighted by Crippen LogP contribution is 2.16. The first-order valence-electron chi connectivity index (χ1n) is 5.82. The van der Waals surface area contributed by atoms with Crippen molar-refractivity contribution in [3.8, 4) is 5.75 Å². The van der Waals surface area contributed by atoms with Gasteiger partial charge >= 0.3 is 5.97 Å². The number of hydrogen-bond acceptors (Lipinski definition) is 4. The zero-order valence-corrected chi connectivity index (χ0v) is 9.87. The summed E-state index contributed by atoms with van der Waals surface area (Å²) >= 11 is 0. The van der Waals surface area contributed by atoms with Crippen molar-refractivity contribution in [3.63, 3.8) is 0 Å². The van der Waals surface area contributed by atoms with Crippen LogP contribution in [0.1, 0.15) is 18.4 Å². The third-order valence-electron chi connectivity index (χ3n) is 2.73. The van der Waals surface area contributed by atoms with Gasteiger partial charge in [0.05, 0.1) is 6.04 Å². The molecule has 0 bridgehead atoms. The molecule has 1 aromatic rings. The Labute approximate surface area is 105 Å². The first-order chi connectivity index (χ1) is 8.63. The van der Waals surface area contributed by atoms with Gasteiger partial charge in [0.25, 0.3) is 0 Å². The number of phenolic OH excluding ortho intramolecular Hbond substituents is 1. The molecule has 1 aromatic carbocycles. The number of aliphatic imine (C=N–C) groups is 1. The Bertz CT molecular complexity index is 470. The lowest BCUT2D eigenvalue weighted by atomic mass is 10.1. The van der Waals surface area contributed by atoms with Crippen LogP contribution in [0.5, 0.6) is 5.75 Å². The molecule has 1 atom stereocenters. The van der Waals surface area contributed by atoms with Gasteiger partial charge in [0, 0.05) is 12.8 Å². The SMILES string of the molecule is O=C(O)CCC1COC(Cc2cccc(O)c2)=N1. The van der Waals surface area contributed by atoms with Gasteiger partial charge in [-0.15, -0.1) is 0 Å². The third kappa shape index (κ3) is 3.48. The predicted molar refractivity (Wildman–Crippen MR) is 65.9 cm³/mol. The molecule has 0 radical (unpaired) electrons. The van der Waals surface area contributed by atoms with Crippen LogP contribution < -0.4 is 0 Å². The van der Waals surface area contributed by atoms with Crippen molar-refractivity contribution >= 4 is 11.9 Å². The van der Waals surface area contributed by atoms with Crippen LogP contribution in [0.25, 0.3) is 0 Å². The Kier molecular flexibility index (Phi) is 3.82. The molecule has 2 rings (SSSR count). The van der Waals surface area contributed by atoms with Gasteiger partial charge in [-0.2, -0.15) is 0 Å². The number of carboxylic acid groups (broad SMARTS) is 1. The molecule has 1 aliphatic heterocycles. The van der Waals surface area contributed by atoms with E-state index in [9.17, 15) is 9.90 Å². The molecule has 0 saturated heterocycles. The predicted octanol–water partition coefficient (Wildman–Crippen LogP) is 1.60. The van der Waals surface area contributed by atoms with Crippen LogP contribution in [-0.4, -0.2) is 34.7 Å². The van der Waals surface area contributed by atoms with Gasteiger partial charge < -0.3 is 14.9 Å². The maximum absolute atomic E-state index is 10.4. The number of nitrogens with zero attached hydrogens (tertiary/aromatic N) is 1. The van der Waals surface area contributed by atoms with Gasteiger partial charge in [-0.05, 0) is 24.1 Å². The van der Waals surface area contributed by atoms with Gasteiger partial charge in [0.1, 0.15) is 12.4 Å². The Morgan fingerprint density at radius 1 is 1.50 bits per heavy atom. The van der Waals surface area contributed by atoms with E-state index in [0.29, 0.717) is 25.3 Å². The molecule has 1 heterocycles. The van der Waals surface area contributed by atoms with Gasteiger partial charge in [0.2, 0.25) is 0 Å². The van der Waals surface area contributed by atoms with Gasteiger partial charge in [-0.3, -0.25) is 4.79 Å². The van der Waals surface area contributed by atoms with E-state index in [4.69, 9.17) is 9.84 Å². The van der Waals surface area contributed by atoms with E-state index in [2.05, 4.69) is 4.99 Å². The summed E-state index contributed by atoms with van der Waals surface area (Å²) in [5.74, 6) is 0.0103. The maximum Gasteiger partial charge on any atom is 0.303 e. The molecule has 0 spiro atoms. The van der Waals surface area contributed by atoms with Gasteiger partial charge in [-0.25, -0.2) is 4.99 Å². The van der Waals surface area contributed by atoms with E-state index in [0.717, 1.165) is 5.56 Å². The number of phenols is 1. The van der Waals surface area contributed by atoms with Crippen LogP contribution in [-0.2, 0) is 16.0 Å². The minimum Gasteiger partial charge on any atom is -0.508 e. The van der Waals surface area contributed by atoms with Crippen molar-refractivity contribution in [1.29, 1.82) is 0 Å². The van der Waals surface area contributed by atoms with Crippen LogP contribution >= 0.6 is 0 Å². The second-order valence-electron chi connectivity index (χ2n) is 4.27. The lowest BCUT2D eigenvalue weighted by molar-refractivity contribution is -0.137. The normalized spacial score (nSPS) is 18.2. The molecule has 0 aromatic heterocycles. The van der Waals surface area contributed by atoms with E-state index >= 15 is 0 Å². The van der Waals surface area contributed by atoms with Crippen molar-refractivity contribution in [1.82, 2.24) is 0 Å². The Morgan fingerprint density at radius 2 is 2.33 bits per heavy atom. The Morgan fingerprint density at radius 3 is 3.06 bits per heavy atom. The number of rotatable bonds is 5. The quantitative estimate of drug-likeness (QED) is 0.830. The van der Waals surface area contributed by atoms with Crippen LogP contribution in [0, 0.1) is 0 Å². The summed E-state index contributed by atoms with van der Waals surface area (Å²) in [5, 5.41) is 17.9. The lowest BCUT2D eigenvalue weighted by Gasteiger charge is -2.02. The second-order valence-corrected chi connectivity index (χ2v) is 4.27. The summed E-state index contributed by atoms with van der Waals surface area (Å²) in [6.07, 6.45) is 1.13. The number of benzene rings is 1. The summed E-state index contributed by atoms with van der Waals surface area (Å²) in [6, 6.07) is 6.86. The largest absolute Gasteiger partial charge is 0.508 e. The zero-order valence-electron chi connectivity index (χ0n) is 9.87. The molecule has 5 heteroatoms. The van der Waals surface area contributed by atoms with E-state index in [1.54, 1.807) is 18.2 Å². The fourth-order valence-corrected chi connectivity index (χ4v) is 1.85. The first-order valence-corrected chi connectivity index (χ1v) is 5.82. The smallest absolute Gasteiger partial charge is 0.303 e. The molecule has 0 saturated carbocycles. The van der Waals surface area contributed by atoms with Crippen LogP contribution in [0.2, 0.25) is 0 Å². The van der Waals surface area contributed by atoms with E-state index < -0.39 is 5.97 Å². The van der Waals surface area contributed by atoms with Crippen molar-refractivity contribution in [3.05, 3.63) is 29.8 Å². The fraction of sp³-hybridized carbons (Fsp3) is 0.385. The number of carboxylic acids is 1. The number of ether oxygens (including phenoxy) is 1. The minimum absolute atomic E-state index is 0.0617. The highest BCUT2D eigenvalue weighted by atomic mass is 16.5. The molecule has 5 nitrogen and oxygen atoms in total. The standard InChI is InChI=1S/C13H15NO4/c15-11-3-1-2-9(6-11)7-12-14-10(8-18-12)4-5-13(16)17/h1-3,6,10,15H,4-5,7-8H2,(H,16,17). The molecule has 1 unspecified atom stereocenters. The summed E-state index contributed by atoms with van der Waals surface area (Å²) in [5.41, 5.74) is 0.924. The average Bonchev–Trinajstić information content (AvgIpc) is 2.74.